The van der Waals surface area contributed by atoms with Gasteiger partial charge in [-0.25, -0.2) is 0 Å². The molecule has 1 nitrogen and oxygen atoms in total. The van der Waals surface area contributed by atoms with Gasteiger partial charge < -0.3 is 4.90 Å². The lowest BCUT2D eigenvalue weighted by Crippen LogP contribution is -2.10. The van der Waals surface area contributed by atoms with Crippen LogP contribution in [0.25, 0.3) is 33.4 Å². The molecule has 0 bridgehead atoms. The third-order valence-corrected chi connectivity index (χ3v) is 8.65. The first-order valence-electron chi connectivity index (χ1n) is 15.9. The standard InChI is InChI=1S/C44H43N/c1-43(2,3)38-22-12-33(13-23-38)36-18-28-41(29-19-36)45(40-26-16-35(17-27-40)32-10-8-7-9-11-32)42-30-20-37(21-31-42)34-14-24-39(25-15-34)44(4,5)6/h7-31H,1-6H3. The Balaban J connectivity index is 1.34. The van der Waals surface area contributed by atoms with Crippen LogP contribution in [-0.4, -0.2) is 0 Å². The molecule has 0 aliphatic rings. The predicted octanol–water partition coefficient (Wildman–Crippen LogP) is 12.8. The van der Waals surface area contributed by atoms with E-state index in [0.29, 0.717) is 0 Å². The van der Waals surface area contributed by atoms with Crippen LogP contribution in [0.3, 0.4) is 0 Å². The largest absolute Gasteiger partial charge is 0.311 e. The first-order valence-corrected chi connectivity index (χ1v) is 15.9. The van der Waals surface area contributed by atoms with E-state index in [4.69, 9.17) is 0 Å². The molecule has 0 spiro atoms. The van der Waals surface area contributed by atoms with Crippen molar-refractivity contribution in [2.45, 2.75) is 52.4 Å². The fourth-order valence-corrected chi connectivity index (χ4v) is 5.81. The highest BCUT2D eigenvalue weighted by Gasteiger charge is 2.16. The van der Waals surface area contributed by atoms with Gasteiger partial charge in [-0.15, -0.1) is 0 Å². The normalized spacial score (nSPS) is 11.8. The van der Waals surface area contributed by atoms with Gasteiger partial charge in [-0.1, -0.05) is 157 Å². The van der Waals surface area contributed by atoms with Crippen LogP contribution in [0.5, 0.6) is 0 Å². The highest BCUT2D eigenvalue weighted by atomic mass is 15.1. The molecular formula is C44H43N. The number of nitrogens with zero attached hydrogens (tertiary/aromatic N) is 1. The molecular weight excluding hydrogens is 542 g/mol. The van der Waals surface area contributed by atoms with E-state index < -0.39 is 0 Å². The average Bonchev–Trinajstić information content (AvgIpc) is 3.06. The minimum atomic E-state index is 0.143. The molecule has 0 amide bonds. The van der Waals surface area contributed by atoms with E-state index in [-0.39, 0.29) is 10.8 Å². The van der Waals surface area contributed by atoms with Gasteiger partial charge in [0.1, 0.15) is 0 Å². The molecule has 0 heterocycles. The van der Waals surface area contributed by atoms with Gasteiger partial charge in [-0.2, -0.15) is 0 Å². The second kappa shape index (κ2) is 12.3. The minimum absolute atomic E-state index is 0.143. The number of benzene rings is 6. The van der Waals surface area contributed by atoms with Crippen LogP contribution in [0.4, 0.5) is 17.1 Å². The molecule has 6 aromatic carbocycles. The third kappa shape index (κ3) is 6.79. The molecule has 45 heavy (non-hydrogen) atoms. The molecule has 0 aromatic heterocycles. The van der Waals surface area contributed by atoms with Gasteiger partial charge >= 0.3 is 0 Å². The molecule has 224 valence electrons. The number of hydrogen-bond donors (Lipinski definition) is 0. The van der Waals surface area contributed by atoms with Gasteiger partial charge in [0.25, 0.3) is 0 Å². The average molecular weight is 586 g/mol. The first-order chi connectivity index (χ1) is 21.6. The number of anilines is 3. The molecule has 0 radical (unpaired) electrons. The van der Waals surface area contributed by atoms with E-state index in [2.05, 4.69) is 198 Å². The Morgan fingerprint density at radius 1 is 0.289 bits per heavy atom. The summed E-state index contributed by atoms with van der Waals surface area (Å²) < 4.78 is 0. The van der Waals surface area contributed by atoms with Crippen LogP contribution in [0.15, 0.2) is 152 Å². The second-order valence-corrected chi connectivity index (χ2v) is 14.0. The lowest BCUT2D eigenvalue weighted by molar-refractivity contribution is 0.590. The Morgan fingerprint density at radius 2 is 0.533 bits per heavy atom. The molecule has 0 N–H and O–H groups in total. The lowest BCUT2D eigenvalue weighted by Gasteiger charge is -2.26. The van der Waals surface area contributed by atoms with Crippen molar-refractivity contribution in [2.24, 2.45) is 0 Å². The van der Waals surface area contributed by atoms with Crippen molar-refractivity contribution in [2.75, 3.05) is 4.90 Å². The maximum absolute atomic E-state index is 2.34. The zero-order valence-corrected chi connectivity index (χ0v) is 27.4. The summed E-state index contributed by atoms with van der Waals surface area (Å²) in [4.78, 5) is 2.34. The maximum atomic E-state index is 2.34. The van der Waals surface area contributed by atoms with Crippen LogP contribution >= 0.6 is 0 Å². The smallest absolute Gasteiger partial charge is 0.0462 e. The molecule has 0 atom stereocenters. The Kier molecular flexibility index (Phi) is 8.21. The number of hydrogen-bond acceptors (Lipinski definition) is 1. The molecule has 6 rings (SSSR count). The van der Waals surface area contributed by atoms with Crippen molar-refractivity contribution in [1.82, 2.24) is 0 Å². The highest BCUT2D eigenvalue weighted by molar-refractivity contribution is 5.81. The summed E-state index contributed by atoms with van der Waals surface area (Å²) in [6, 6.07) is 55.3. The quantitative estimate of drug-likeness (QED) is 0.188. The molecule has 0 saturated heterocycles. The zero-order chi connectivity index (χ0) is 31.6. The fourth-order valence-electron chi connectivity index (χ4n) is 5.81. The van der Waals surface area contributed by atoms with E-state index in [1.54, 1.807) is 0 Å². The van der Waals surface area contributed by atoms with Crippen molar-refractivity contribution in [3.05, 3.63) is 163 Å². The SMILES string of the molecule is CC(C)(C)c1ccc(-c2ccc(N(c3ccc(-c4ccccc4)cc3)c3ccc(-c4ccc(C(C)(C)C)cc4)cc3)cc2)cc1. The van der Waals surface area contributed by atoms with Crippen molar-refractivity contribution in [1.29, 1.82) is 0 Å². The Morgan fingerprint density at radius 3 is 0.800 bits per heavy atom. The van der Waals surface area contributed by atoms with Crippen molar-refractivity contribution >= 4 is 17.1 Å². The Bertz CT molecular complexity index is 1730. The zero-order valence-electron chi connectivity index (χ0n) is 27.4. The molecule has 6 aromatic rings. The van der Waals surface area contributed by atoms with Gasteiger partial charge in [0.2, 0.25) is 0 Å². The molecule has 0 saturated carbocycles. The molecule has 1 heteroatoms. The van der Waals surface area contributed by atoms with E-state index in [1.807, 2.05) is 0 Å². The fraction of sp³-hybridized carbons (Fsp3) is 0.182. The van der Waals surface area contributed by atoms with Crippen LogP contribution in [0.2, 0.25) is 0 Å². The topological polar surface area (TPSA) is 3.24 Å². The van der Waals surface area contributed by atoms with Crippen molar-refractivity contribution in [3.63, 3.8) is 0 Å². The van der Waals surface area contributed by atoms with Gasteiger partial charge in [0.15, 0.2) is 0 Å². The summed E-state index contributed by atoms with van der Waals surface area (Å²) >= 11 is 0. The molecule has 0 fully saturated rings. The van der Waals surface area contributed by atoms with Crippen molar-refractivity contribution in [3.8, 4) is 33.4 Å². The first kappa shape index (κ1) is 30.2. The summed E-state index contributed by atoms with van der Waals surface area (Å²) in [5.74, 6) is 0. The van der Waals surface area contributed by atoms with E-state index in [9.17, 15) is 0 Å². The summed E-state index contributed by atoms with van der Waals surface area (Å²) in [5, 5.41) is 0. The third-order valence-electron chi connectivity index (χ3n) is 8.65. The van der Waals surface area contributed by atoms with E-state index >= 15 is 0 Å². The highest BCUT2D eigenvalue weighted by Crippen LogP contribution is 2.38. The van der Waals surface area contributed by atoms with Gasteiger partial charge in [-0.05, 0) is 91.7 Å². The van der Waals surface area contributed by atoms with E-state index in [1.165, 1.54) is 44.5 Å². The second-order valence-electron chi connectivity index (χ2n) is 14.0. The summed E-state index contributed by atoms with van der Waals surface area (Å²) in [5.41, 5.74) is 13.7. The lowest BCUT2D eigenvalue weighted by atomic mass is 9.86. The number of rotatable bonds is 6. The van der Waals surface area contributed by atoms with Crippen LogP contribution in [-0.2, 0) is 10.8 Å². The minimum Gasteiger partial charge on any atom is -0.311 e. The van der Waals surface area contributed by atoms with Crippen molar-refractivity contribution < 1.29 is 0 Å². The van der Waals surface area contributed by atoms with E-state index in [0.717, 1.165) is 17.1 Å². The summed E-state index contributed by atoms with van der Waals surface area (Å²) in [6.45, 7) is 13.5. The molecule has 0 unspecified atom stereocenters. The summed E-state index contributed by atoms with van der Waals surface area (Å²) in [7, 11) is 0. The van der Waals surface area contributed by atoms with Crippen LogP contribution in [0, 0.1) is 0 Å². The Labute approximate surface area is 269 Å². The maximum Gasteiger partial charge on any atom is 0.0462 e. The molecule has 0 aliphatic carbocycles. The van der Waals surface area contributed by atoms with Gasteiger partial charge in [0.05, 0.1) is 0 Å². The van der Waals surface area contributed by atoms with Crippen LogP contribution < -0.4 is 4.90 Å². The molecule has 0 aliphatic heterocycles. The van der Waals surface area contributed by atoms with Crippen LogP contribution in [0.1, 0.15) is 52.7 Å². The van der Waals surface area contributed by atoms with Gasteiger partial charge in [0, 0.05) is 17.1 Å². The predicted molar refractivity (Wildman–Crippen MR) is 195 cm³/mol. The Hall–Kier alpha value is -4.88. The monoisotopic (exact) mass is 585 g/mol. The summed E-state index contributed by atoms with van der Waals surface area (Å²) in [6.07, 6.45) is 0. The van der Waals surface area contributed by atoms with Gasteiger partial charge in [-0.3, -0.25) is 0 Å².